The second-order valence-corrected chi connectivity index (χ2v) is 4.90. The van der Waals surface area contributed by atoms with E-state index >= 15 is 0 Å². The second-order valence-electron chi connectivity index (χ2n) is 4.90. The number of nitrogens with two attached hydrogens (primary N) is 1. The summed E-state index contributed by atoms with van der Waals surface area (Å²) in [4.78, 5) is 24.5. The molecule has 2 N–H and O–H groups in total. The van der Waals surface area contributed by atoms with Crippen molar-refractivity contribution in [2.75, 3.05) is 13.1 Å². The molecular weight excluding hydrogens is 192 g/mol. The molecule has 1 aliphatic rings. The highest BCUT2D eigenvalue weighted by Gasteiger charge is 2.31. The van der Waals surface area contributed by atoms with Crippen LogP contribution in [-0.4, -0.2) is 36.2 Å². The first kappa shape index (κ1) is 12.2. The number of hydrogen-bond donors (Lipinski definition) is 1. The van der Waals surface area contributed by atoms with Gasteiger partial charge >= 0.3 is 0 Å². The van der Waals surface area contributed by atoms with E-state index < -0.39 is 5.41 Å². The molecule has 1 saturated heterocycles. The third-order valence-corrected chi connectivity index (χ3v) is 2.90. The van der Waals surface area contributed by atoms with Crippen LogP contribution in [0.4, 0.5) is 0 Å². The van der Waals surface area contributed by atoms with Gasteiger partial charge < -0.3 is 15.4 Å². The minimum absolute atomic E-state index is 0.0556. The predicted octanol–water partition coefficient (Wildman–Crippen LogP) is 0.551. The third-order valence-electron chi connectivity index (χ3n) is 2.90. The molecule has 1 aliphatic heterocycles. The Labute approximate surface area is 90.8 Å². The molecule has 4 nitrogen and oxygen atoms in total. The topological polar surface area (TPSA) is 63.4 Å². The first-order chi connectivity index (χ1) is 7.00. The predicted molar refractivity (Wildman–Crippen MR) is 58.3 cm³/mol. The van der Waals surface area contributed by atoms with E-state index in [2.05, 4.69) is 0 Å². The number of hydrogen-bond acceptors (Lipinski definition) is 3. The highest BCUT2D eigenvalue weighted by atomic mass is 16.2. The van der Waals surface area contributed by atoms with Crippen molar-refractivity contribution in [1.29, 1.82) is 0 Å². The zero-order chi connectivity index (χ0) is 11.5. The quantitative estimate of drug-likeness (QED) is 0.692. The highest BCUT2D eigenvalue weighted by Crippen LogP contribution is 2.23. The van der Waals surface area contributed by atoms with Gasteiger partial charge in [-0.1, -0.05) is 13.8 Å². The van der Waals surface area contributed by atoms with E-state index in [1.807, 2.05) is 4.90 Å². The van der Waals surface area contributed by atoms with Gasteiger partial charge in [0.05, 0.1) is 0 Å². The summed E-state index contributed by atoms with van der Waals surface area (Å²) >= 11 is 0. The van der Waals surface area contributed by atoms with Gasteiger partial charge in [-0.05, 0) is 12.8 Å². The standard InChI is InChI=1S/C11H20N2O2/c1-11(2,8-14)6-10(15)13-5-3-4-9(13)7-12/h8-9H,3-7,12H2,1-2H3. The average Bonchev–Trinajstić information content (AvgIpc) is 2.64. The molecule has 0 aromatic rings. The summed E-state index contributed by atoms with van der Waals surface area (Å²) in [6.45, 7) is 4.87. The third kappa shape index (κ3) is 3.02. The first-order valence-corrected chi connectivity index (χ1v) is 5.46. The van der Waals surface area contributed by atoms with Gasteiger partial charge in [-0.15, -0.1) is 0 Å². The zero-order valence-electron chi connectivity index (χ0n) is 9.53. The van der Waals surface area contributed by atoms with E-state index in [0.717, 1.165) is 25.7 Å². The average molecular weight is 212 g/mol. The highest BCUT2D eigenvalue weighted by molar-refractivity contribution is 5.81. The molecule has 0 radical (unpaired) electrons. The summed E-state index contributed by atoms with van der Waals surface area (Å²) in [6.07, 6.45) is 3.14. The number of aldehydes is 1. The molecule has 1 atom stereocenters. The van der Waals surface area contributed by atoms with Crippen LogP contribution in [0, 0.1) is 5.41 Å². The molecule has 0 aromatic carbocycles. The van der Waals surface area contributed by atoms with Crippen LogP contribution in [0.3, 0.4) is 0 Å². The molecule has 1 rings (SSSR count). The molecule has 1 fully saturated rings. The van der Waals surface area contributed by atoms with Crippen molar-refractivity contribution in [3.63, 3.8) is 0 Å². The van der Waals surface area contributed by atoms with Crippen LogP contribution < -0.4 is 5.73 Å². The maximum Gasteiger partial charge on any atom is 0.223 e. The maximum absolute atomic E-state index is 11.9. The van der Waals surface area contributed by atoms with Crippen LogP contribution in [0.5, 0.6) is 0 Å². The van der Waals surface area contributed by atoms with Crippen LogP contribution >= 0.6 is 0 Å². The Kier molecular flexibility index (Phi) is 3.85. The number of carbonyl (C=O) groups is 2. The number of amides is 1. The van der Waals surface area contributed by atoms with Crippen molar-refractivity contribution in [2.45, 2.75) is 39.2 Å². The van der Waals surface area contributed by atoms with Gasteiger partial charge in [0.25, 0.3) is 0 Å². The molecule has 1 heterocycles. The van der Waals surface area contributed by atoms with Crippen LogP contribution in [-0.2, 0) is 9.59 Å². The summed E-state index contributed by atoms with van der Waals surface area (Å²) in [5.74, 6) is 0.0556. The Hall–Kier alpha value is -0.900. The fourth-order valence-electron chi connectivity index (χ4n) is 1.94. The number of nitrogens with zero attached hydrogens (tertiary/aromatic N) is 1. The van der Waals surface area contributed by atoms with E-state index in [9.17, 15) is 9.59 Å². The van der Waals surface area contributed by atoms with E-state index in [4.69, 9.17) is 5.73 Å². The largest absolute Gasteiger partial charge is 0.338 e. The Balaban J connectivity index is 2.57. The lowest BCUT2D eigenvalue weighted by Gasteiger charge is -2.26. The summed E-state index contributed by atoms with van der Waals surface area (Å²) in [7, 11) is 0. The second kappa shape index (κ2) is 4.75. The SMILES string of the molecule is CC(C)(C=O)CC(=O)N1CCCC1CN. The van der Waals surface area contributed by atoms with Gasteiger partial charge in [0.2, 0.25) is 5.91 Å². The molecule has 0 aromatic heterocycles. The van der Waals surface area contributed by atoms with Gasteiger partial charge in [-0.25, -0.2) is 0 Å². The molecular formula is C11H20N2O2. The Bertz CT molecular complexity index is 251. The number of likely N-dealkylation sites (tertiary alicyclic amines) is 1. The minimum Gasteiger partial charge on any atom is -0.338 e. The van der Waals surface area contributed by atoms with Crippen molar-refractivity contribution in [3.05, 3.63) is 0 Å². The Morgan fingerprint density at radius 3 is 2.80 bits per heavy atom. The lowest BCUT2D eigenvalue weighted by atomic mass is 9.90. The summed E-state index contributed by atoms with van der Waals surface area (Å²) in [5.41, 5.74) is 5.04. The van der Waals surface area contributed by atoms with Gasteiger partial charge in [0, 0.05) is 31.0 Å². The molecule has 4 heteroatoms. The maximum atomic E-state index is 11.9. The lowest BCUT2D eigenvalue weighted by Crippen LogP contribution is -2.41. The summed E-state index contributed by atoms with van der Waals surface area (Å²) < 4.78 is 0. The van der Waals surface area contributed by atoms with Gasteiger partial charge in [-0.3, -0.25) is 4.79 Å². The molecule has 1 unspecified atom stereocenters. The van der Waals surface area contributed by atoms with Crippen LogP contribution in [0.2, 0.25) is 0 Å². The molecule has 1 amide bonds. The monoisotopic (exact) mass is 212 g/mol. The molecule has 0 saturated carbocycles. The summed E-state index contributed by atoms with van der Waals surface area (Å²) in [6, 6.07) is 0.181. The molecule has 15 heavy (non-hydrogen) atoms. The zero-order valence-corrected chi connectivity index (χ0v) is 9.53. The van der Waals surface area contributed by atoms with Crippen molar-refractivity contribution in [1.82, 2.24) is 4.90 Å². The fourth-order valence-corrected chi connectivity index (χ4v) is 1.94. The Morgan fingerprint density at radius 1 is 1.60 bits per heavy atom. The van der Waals surface area contributed by atoms with E-state index in [1.165, 1.54) is 0 Å². The van der Waals surface area contributed by atoms with Gasteiger partial charge in [-0.2, -0.15) is 0 Å². The van der Waals surface area contributed by atoms with Crippen LogP contribution in [0.15, 0.2) is 0 Å². The first-order valence-electron chi connectivity index (χ1n) is 5.46. The molecule has 86 valence electrons. The molecule has 0 aliphatic carbocycles. The number of rotatable bonds is 4. The fraction of sp³-hybridized carbons (Fsp3) is 0.818. The molecule has 0 spiro atoms. The van der Waals surface area contributed by atoms with Crippen molar-refractivity contribution in [3.8, 4) is 0 Å². The lowest BCUT2D eigenvalue weighted by molar-refractivity contribution is -0.136. The number of carbonyl (C=O) groups excluding carboxylic acids is 2. The van der Waals surface area contributed by atoms with Crippen molar-refractivity contribution >= 4 is 12.2 Å². The van der Waals surface area contributed by atoms with Gasteiger partial charge in [0.1, 0.15) is 6.29 Å². The van der Waals surface area contributed by atoms with Gasteiger partial charge in [0.15, 0.2) is 0 Å². The van der Waals surface area contributed by atoms with Crippen LogP contribution in [0.1, 0.15) is 33.1 Å². The van der Waals surface area contributed by atoms with Crippen molar-refractivity contribution < 1.29 is 9.59 Å². The minimum atomic E-state index is -0.557. The van der Waals surface area contributed by atoms with Crippen LogP contribution in [0.25, 0.3) is 0 Å². The van der Waals surface area contributed by atoms with E-state index in [1.54, 1.807) is 13.8 Å². The smallest absolute Gasteiger partial charge is 0.223 e. The molecule has 0 bridgehead atoms. The normalized spacial score (nSPS) is 21.8. The Morgan fingerprint density at radius 2 is 2.27 bits per heavy atom. The van der Waals surface area contributed by atoms with Crippen molar-refractivity contribution in [2.24, 2.45) is 11.1 Å². The van der Waals surface area contributed by atoms with E-state index in [-0.39, 0.29) is 18.4 Å². The van der Waals surface area contributed by atoms with E-state index in [0.29, 0.717) is 6.54 Å². The summed E-state index contributed by atoms with van der Waals surface area (Å²) in [5, 5.41) is 0.